The summed E-state index contributed by atoms with van der Waals surface area (Å²) in [5.74, 6) is 2.70. The predicted octanol–water partition coefficient (Wildman–Crippen LogP) is 1.63. The number of rotatable bonds is 6. The molecule has 0 saturated carbocycles. The van der Waals surface area contributed by atoms with Gasteiger partial charge in [0.25, 0.3) is 0 Å². The maximum Gasteiger partial charge on any atom is 0.191 e. The fraction of sp³-hybridized carbons (Fsp3) is 0.647. The number of nitrogens with zero attached hydrogens (tertiary/aromatic N) is 3. The highest BCUT2D eigenvalue weighted by Crippen LogP contribution is 2.21. The number of methoxy groups -OCH3 is 1. The molecular formula is C17H29N5O. The Morgan fingerprint density at radius 3 is 2.74 bits per heavy atom. The third-order valence-electron chi connectivity index (χ3n) is 4.20. The van der Waals surface area contributed by atoms with E-state index in [4.69, 9.17) is 4.74 Å². The van der Waals surface area contributed by atoms with Crippen LogP contribution >= 0.6 is 0 Å². The lowest BCUT2D eigenvalue weighted by molar-refractivity contribution is 0.203. The van der Waals surface area contributed by atoms with Gasteiger partial charge in [0.2, 0.25) is 0 Å². The molecule has 0 atom stereocenters. The lowest BCUT2D eigenvalue weighted by Crippen LogP contribution is -2.38. The average Bonchev–Trinajstić information content (AvgIpc) is 2.59. The van der Waals surface area contributed by atoms with E-state index in [0.29, 0.717) is 13.2 Å². The van der Waals surface area contributed by atoms with E-state index in [2.05, 4.69) is 44.6 Å². The summed E-state index contributed by atoms with van der Waals surface area (Å²) in [5.41, 5.74) is 1.15. The van der Waals surface area contributed by atoms with Gasteiger partial charge in [0, 0.05) is 46.5 Å². The Balaban J connectivity index is 1.80. The number of ether oxygens (including phenoxy) is 1. The van der Waals surface area contributed by atoms with Gasteiger partial charge in [-0.2, -0.15) is 0 Å². The minimum absolute atomic E-state index is 0.658. The second-order valence-electron chi connectivity index (χ2n) is 6.04. The van der Waals surface area contributed by atoms with Gasteiger partial charge in [-0.05, 0) is 30.4 Å². The van der Waals surface area contributed by atoms with Crippen molar-refractivity contribution in [1.82, 2.24) is 15.6 Å². The van der Waals surface area contributed by atoms with Crippen LogP contribution in [0, 0.1) is 5.92 Å². The average molecular weight is 319 g/mol. The summed E-state index contributed by atoms with van der Waals surface area (Å²) in [6.45, 7) is 6.65. The first kappa shape index (κ1) is 17.5. The molecular weight excluding hydrogens is 290 g/mol. The van der Waals surface area contributed by atoms with Gasteiger partial charge in [0.05, 0.1) is 6.61 Å². The molecule has 6 nitrogen and oxygen atoms in total. The number of pyridine rings is 1. The molecule has 1 fully saturated rings. The molecule has 128 valence electrons. The fourth-order valence-electron chi connectivity index (χ4n) is 2.62. The molecule has 2 rings (SSSR count). The van der Waals surface area contributed by atoms with Crippen molar-refractivity contribution in [3.05, 3.63) is 23.9 Å². The predicted molar refractivity (Wildman–Crippen MR) is 94.9 cm³/mol. The normalized spacial score (nSPS) is 16.5. The molecule has 1 aromatic rings. The molecule has 0 amide bonds. The number of nitrogens with one attached hydrogen (secondary N) is 2. The van der Waals surface area contributed by atoms with E-state index in [-0.39, 0.29) is 0 Å². The van der Waals surface area contributed by atoms with Crippen molar-refractivity contribution in [2.75, 3.05) is 45.3 Å². The van der Waals surface area contributed by atoms with Crippen LogP contribution in [0.25, 0.3) is 0 Å². The Kier molecular flexibility index (Phi) is 7.13. The summed E-state index contributed by atoms with van der Waals surface area (Å²) >= 11 is 0. The Morgan fingerprint density at radius 1 is 1.35 bits per heavy atom. The van der Waals surface area contributed by atoms with Crippen molar-refractivity contribution in [2.45, 2.75) is 26.3 Å². The van der Waals surface area contributed by atoms with E-state index in [1.165, 1.54) is 12.8 Å². The molecule has 6 heteroatoms. The van der Waals surface area contributed by atoms with Crippen molar-refractivity contribution in [1.29, 1.82) is 0 Å². The fourth-order valence-corrected chi connectivity index (χ4v) is 2.62. The first-order valence-electron chi connectivity index (χ1n) is 8.36. The Morgan fingerprint density at radius 2 is 2.13 bits per heavy atom. The van der Waals surface area contributed by atoms with Crippen LogP contribution in [0.5, 0.6) is 0 Å². The van der Waals surface area contributed by atoms with E-state index >= 15 is 0 Å². The van der Waals surface area contributed by atoms with E-state index < -0.39 is 0 Å². The molecule has 23 heavy (non-hydrogen) atoms. The number of aromatic nitrogens is 1. The summed E-state index contributed by atoms with van der Waals surface area (Å²) in [5, 5.41) is 6.47. The lowest BCUT2D eigenvalue weighted by atomic mass is 9.99. The van der Waals surface area contributed by atoms with Crippen LogP contribution in [-0.4, -0.2) is 51.3 Å². The van der Waals surface area contributed by atoms with Crippen molar-refractivity contribution in [3.8, 4) is 0 Å². The molecule has 0 spiro atoms. The molecule has 1 aliphatic rings. The highest BCUT2D eigenvalue weighted by Gasteiger charge is 2.16. The molecule has 0 bridgehead atoms. The Bertz CT molecular complexity index is 480. The molecule has 0 aromatic carbocycles. The second kappa shape index (κ2) is 9.35. The molecule has 1 saturated heterocycles. The molecule has 2 heterocycles. The van der Waals surface area contributed by atoms with Gasteiger partial charge in [-0.1, -0.05) is 13.0 Å². The molecule has 1 aromatic heterocycles. The highest BCUT2D eigenvalue weighted by molar-refractivity contribution is 5.79. The van der Waals surface area contributed by atoms with Gasteiger partial charge >= 0.3 is 0 Å². The van der Waals surface area contributed by atoms with Crippen LogP contribution in [0.3, 0.4) is 0 Å². The number of hydrogen-bond donors (Lipinski definition) is 2. The standard InChI is InChI=1S/C17H29N5O/c1-14-6-9-22(10-7-14)16-5-4-15(12-20-16)13-21-17(18-2)19-8-11-23-3/h4-5,12,14H,6-11,13H2,1-3H3,(H2,18,19,21). The third kappa shape index (κ3) is 5.71. The minimum Gasteiger partial charge on any atom is -0.383 e. The number of anilines is 1. The number of hydrogen-bond acceptors (Lipinski definition) is 4. The van der Waals surface area contributed by atoms with Gasteiger partial charge in [-0.3, -0.25) is 4.99 Å². The van der Waals surface area contributed by atoms with E-state index in [0.717, 1.165) is 42.9 Å². The zero-order chi connectivity index (χ0) is 16.5. The smallest absolute Gasteiger partial charge is 0.191 e. The first-order valence-corrected chi connectivity index (χ1v) is 8.36. The zero-order valence-corrected chi connectivity index (χ0v) is 14.5. The minimum atomic E-state index is 0.658. The quantitative estimate of drug-likeness (QED) is 0.474. The van der Waals surface area contributed by atoms with Gasteiger partial charge < -0.3 is 20.3 Å². The SMILES string of the molecule is CN=C(NCCOC)NCc1ccc(N2CCC(C)CC2)nc1. The van der Waals surface area contributed by atoms with Crippen LogP contribution in [0.2, 0.25) is 0 Å². The van der Waals surface area contributed by atoms with Crippen molar-refractivity contribution >= 4 is 11.8 Å². The largest absolute Gasteiger partial charge is 0.383 e. The molecule has 0 radical (unpaired) electrons. The van der Waals surface area contributed by atoms with Crippen LogP contribution in [0.15, 0.2) is 23.3 Å². The van der Waals surface area contributed by atoms with Gasteiger partial charge in [0.1, 0.15) is 5.82 Å². The van der Waals surface area contributed by atoms with Crippen LogP contribution in [0.4, 0.5) is 5.82 Å². The van der Waals surface area contributed by atoms with E-state index in [9.17, 15) is 0 Å². The van der Waals surface area contributed by atoms with E-state index in [1.807, 2.05) is 6.20 Å². The molecule has 0 aliphatic carbocycles. The Hall–Kier alpha value is -1.82. The third-order valence-corrected chi connectivity index (χ3v) is 4.20. The summed E-state index contributed by atoms with van der Waals surface area (Å²) in [4.78, 5) is 11.2. The Labute approximate surface area is 139 Å². The summed E-state index contributed by atoms with van der Waals surface area (Å²) in [6.07, 6.45) is 4.46. The van der Waals surface area contributed by atoms with Crippen LogP contribution in [0.1, 0.15) is 25.3 Å². The summed E-state index contributed by atoms with van der Waals surface area (Å²) in [7, 11) is 3.45. The van der Waals surface area contributed by atoms with Crippen molar-refractivity contribution < 1.29 is 4.74 Å². The first-order chi connectivity index (χ1) is 11.2. The van der Waals surface area contributed by atoms with Gasteiger partial charge in [-0.25, -0.2) is 4.98 Å². The molecule has 2 N–H and O–H groups in total. The second-order valence-corrected chi connectivity index (χ2v) is 6.04. The van der Waals surface area contributed by atoms with Crippen LogP contribution < -0.4 is 15.5 Å². The zero-order valence-electron chi connectivity index (χ0n) is 14.5. The van der Waals surface area contributed by atoms with Crippen molar-refractivity contribution in [2.24, 2.45) is 10.9 Å². The summed E-state index contributed by atoms with van der Waals surface area (Å²) < 4.78 is 5.02. The maximum absolute atomic E-state index is 5.02. The lowest BCUT2D eigenvalue weighted by Gasteiger charge is -2.31. The topological polar surface area (TPSA) is 61.8 Å². The van der Waals surface area contributed by atoms with Crippen molar-refractivity contribution in [3.63, 3.8) is 0 Å². The molecule has 0 unspecified atom stereocenters. The monoisotopic (exact) mass is 319 g/mol. The van der Waals surface area contributed by atoms with Crippen LogP contribution in [-0.2, 0) is 11.3 Å². The van der Waals surface area contributed by atoms with Gasteiger partial charge in [0.15, 0.2) is 5.96 Å². The summed E-state index contributed by atoms with van der Waals surface area (Å²) in [6, 6.07) is 4.25. The maximum atomic E-state index is 5.02. The van der Waals surface area contributed by atoms with E-state index in [1.54, 1.807) is 14.2 Å². The number of guanidine groups is 1. The highest BCUT2D eigenvalue weighted by atomic mass is 16.5. The number of piperidine rings is 1. The molecule has 1 aliphatic heterocycles. The van der Waals surface area contributed by atoms with Gasteiger partial charge in [-0.15, -0.1) is 0 Å². The number of aliphatic imine (C=N–C) groups is 1.